The predicted octanol–water partition coefficient (Wildman–Crippen LogP) is 5.52. The van der Waals surface area contributed by atoms with E-state index in [9.17, 15) is 25.0 Å². The number of furan rings is 1. The van der Waals surface area contributed by atoms with Gasteiger partial charge in [-0.25, -0.2) is 4.79 Å². The van der Waals surface area contributed by atoms with Crippen molar-refractivity contribution in [3.63, 3.8) is 0 Å². The Labute approximate surface area is 197 Å². The van der Waals surface area contributed by atoms with Crippen LogP contribution in [0.2, 0.25) is 5.02 Å². The molecule has 0 saturated heterocycles. The number of hydrogen-bond donors (Lipinski definition) is 1. The molecule has 9 nitrogen and oxygen atoms in total. The number of nitro benzene ring substituents is 1. The van der Waals surface area contributed by atoms with Gasteiger partial charge in [0.15, 0.2) is 0 Å². The number of aryl methyl sites for hydroxylation is 1. The van der Waals surface area contributed by atoms with Gasteiger partial charge in [0, 0.05) is 22.6 Å². The van der Waals surface area contributed by atoms with Gasteiger partial charge in [0.25, 0.3) is 11.6 Å². The highest BCUT2D eigenvalue weighted by Gasteiger charge is 2.23. The lowest BCUT2D eigenvalue weighted by molar-refractivity contribution is -0.384. The summed E-state index contributed by atoms with van der Waals surface area (Å²) in [6.45, 7) is 3.54. The Morgan fingerprint density at radius 1 is 1.30 bits per heavy atom. The Morgan fingerprint density at radius 2 is 2.03 bits per heavy atom. The molecule has 0 aliphatic carbocycles. The number of halogens is 1. The molecule has 33 heavy (non-hydrogen) atoms. The minimum absolute atomic E-state index is 0.00997. The summed E-state index contributed by atoms with van der Waals surface area (Å²) in [7, 11) is 1.24. The van der Waals surface area contributed by atoms with E-state index in [1.54, 1.807) is 32.0 Å². The van der Waals surface area contributed by atoms with Crippen LogP contribution in [0.4, 0.5) is 10.7 Å². The van der Waals surface area contributed by atoms with Crippen LogP contribution in [0.1, 0.15) is 26.6 Å². The number of esters is 1. The van der Waals surface area contributed by atoms with Crippen molar-refractivity contribution in [3.8, 4) is 17.4 Å². The number of benzene rings is 1. The minimum Gasteiger partial charge on any atom is -0.465 e. The number of thiophene rings is 1. The highest BCUT2D eigenvalue weighted by Crippen LogP contribution is 2.34. The third kappa shape index (κ3) is 4.95. The van der Waals surface area contributed by atoms with E-state index in [0.29, 0.717) is 11.1 Å². The zero-order chi connectivity index (χ0) is 24.3. The molecule has 1 aromatic carbocycles. The average Bonchev–Trinajstić information content (AvgIpc) is 3.35. The van der Waals surface area contributed by atoms with Crippen LogP contribution in [-0.2, 0) is 9.53 Å². The molecule has 0 saturated carbocycles. The molecule has 2 heterocycles. The van der Waals surface area contributed by atoms with Gasteiger partial charge in [0.2, 0.25) is 0 Å². The number of anilines is 1. The third-order valence-electron chi connectivity index (χ3n) is 4.71. The number of amides is 1. The largest absolute Gasteiger partial charge is 0.465 e. The van der Waals surface area contributed by atoms with Crippen LogP contribution in [-0.4, -0.2) is 23.9 Å². The summed E-state index contributed by atoms with van der Waals surface area (Å²) in [6.07, 6.45) is 1.23. The first-order chi connectivity index (χ1) is 15.7. The summed E-state index contributed by atoms with van der Waals surface area (Å²) in [5.41, 5.74) is 0.772. The fourth-order valence-electron chi connectivity index (χ4n) is 2.92. The normalized spacial score (nSPS) is 11.1. The van der Waals surface area contributed by atoms with E-state index in [4.69, 9.17) is 20.8 Å². The second-order valence-electron chi connectivity index (χ2n) is 6.73. The van der Waals surface area contributed by atoms with Crippen LogP contribution in [0, 0.1) is 35.3 Å². The number of methoxy groups -OCH3 is 1. The van der Waals surface area contributed by atoms with E-state index < -0.39 is 16.8 Å². The summed E-state index contributed by atoms with van der Waals surface area (Å²) < 4.78 is 10.4. The second kappa shape index (κ2) is 9.68. The lowest BCUT2D eigenvalue weighted by atomic mass is 10.1. The fraction of sp³-hybridized carbons (Fsp3) is 0.136. The molecule has 11 heteroatoms. The molecule has 3 aromatic rings. The van der Waals surface area contributed by atoms with E-state index in [2.05, 4.69) is 5.32 Å². The van der Waals surface area contributed by atoms with E-state index in [-0.39, 0.29) is 38.4 Å². The van der Waals surface area contributed by atoms with E-state index in [1.165, 1.54) is 42.7 Å². The number of carbonyl (C=O) groups is 2. The molecule has 0 bridgehead atoms. The molecular weight excluding hydrogens is 470 g/mol. The molecule has 0 aliphatic heterocycles. The highest BCUT2D eigenvalue weighted by molar-refractivity contribution is 7.16. The quantitative estimate of drug-likeness (QED) is 0.159. The van der Waals surface area contributed by atoms with E-state index in [1.807, 2.05) is 0 Å². The first-order valence-corrected chi connectivity index (χ1v) is 10.5. The Hall–Kier alpha value is -3.94. The molecule has 0 aliphatic rings. The molecule has 1 N–H and O–H groups in total. The van der Waals surface area contributed by atoms with Gasteiger partial charge in [0.05, 0.1) is 17.6 Å². The lowest BCUT2D eigenvalue weighted by Crippen LogP contribution is -2.15. The van der Waals surface area contributed by atoms with E-state index in [0.717, 1.165) is 4.88 Å². The number of rotatable bonds is 6. The maximum atomic E-state index is 12.7. The van der Waals surface area contributed by atoms with Gasteiger partial charge in [0.1, 0.15) is 33.2 Å². The smallest absolute Gasteiger partial charge is 0.341 e. The minimum atomic E-state index is -0.732. The van der Waals surface area contributed by atoms with Gasteiger partial charge < -0.3 is 14.5 Å². The summed E-state index contributed by atoms with van der Waals surface area (Å²) >= 11 is 7.03. The maximum Gasteiger partial charge on any atom is 0.341 e. The Morgan fingerprint density at radius 3 is 2.67 bits per heavy atom. The number of nitrogens with one attached hydrogen (secondary N) is 1. The molecule has 0 radical (unpaired) electrons. The second-order valence-corrected chi connectivity index (χ2v) is 8.36. The average molecular weight is 486 g/mol. The summed E-state index contributed by atoms with van der Waals surface area (Å²) in [5.74, 6) is -0.858. The molecule has 0 fully saturated rings. The monoisotopic (exact) mass is 485 g/mol. The van der Waals surface area contributed by atoms with E-state index >= 15 is 0 Å². The highest BCUT2D eigenvalue weighted by atomic mass is 35.5. The Balaban J connectivity index is 1.88. The number of hydrogen-bond acceptors (Lipinski definition) is 8. The number of nitro groups is 1. The van der Waals surface area contributed by atoms with Crippen LogP contribution >= 0.6 is 22.9 Å². The van der Waals surface area contributed by atoms with Gasteiger partial charge in [-0.1, -0.05) is 11.6 Å². The first-order valence-electron chi connectivity index (χ1n) is 9.31. The third-order valence-corrected chi connectivity index (χ3v) is 6.15. The number of carbonyl (C=O) groups excluding carboxylic acids is 2. The SMILES string of the molecule is COC(=O)c1c(NC(=O)C(C#N)=Cc2ccc(-c3ccc(Cl)c([N+](=O)[O-])c3)o2)sc(C)c1C. The lowest BCUT2D eigenvalue weighted by Gasteiger charge is -2.05. The molecule has 2 aromatic heterocycles. The first kappa shape index (κ1) is 23.7. The van der Waals surface area contributed by atoms with Crippen LogP contribution in [0.5, 0.6) is 0 Å². The zero-order valence-corrected chi connectivity index (χ0v) is 19.2. The molecule has 0 unspecified atom stereocenters. The van der Waals surface area contributed by atoms with Crippen molar-refractivity contribution in [2.45, 2.75) is 13.8 Å². The van der Waals surface area contributed by atoms with Gasteiger partial charge in [-0.15, -0.1) is 11.3 Å². The predicted molar refractivity (Wildman–Crippen MR) is 123 cm³/mol. The Kier molecular flexibility index (Phi) is 6.96. The van der Waals surface area contributed by atoms with Gasteiger partial charge in [-0.3, -0.25) is 14.9 Å². The fourth-order valence-corrected chi connectivity index (χ4v) is 4.15. The molecule has 0 spiro atoms. The summed E-state index contributed by atoms with van der Waals surface area (Å²) in [4.78, 5) is 36.1. The van der Waals surface area contributed by atoms with Crippen molar-refractivity contribution in [1.29, 1.82) is 5.26 Å². The summed E-state index contributed by atoms with van der Waals surface area (Å²) in [5, 5.41) is 23.4. The number of nitrogens with zero attached hydrogens (tertiary/aromatic N) is 2. The van der Waals surface area contributed by atoms with Crippen LogP contribution < -0.4 is 5.32 Å². The van der Waals surface area contributed by atoms with Gasteiger partial charge in [-0.2, -0.15) is 5.26 Å². The molecule has 1 amide bonds. The molecular formula is C22H16ClN3O6S. The molecule has 0 atom stereocenters. The summed E-state index contributed by atoms with van der Waals surface area (Å²) in [6, 6.07) is 9.07. The molecule has 3 rings (SSSR count). The van der Waals surface area contributed by atoms with Crippen molar-refractivity contribution in [1.82, 2.24) is 0 Å². The van der Waals surface area contributed by atoms with Gasteiger partial charge >= 0.3 is 5.97 Å². The van der Waals surface area contributed by atoms with Crippen molar-refractivity contribution in [2.24, 2.45) is 0 Å². The number of nitriles is 1. The Bertz CT molecular complexity index is 1350. The van der Waals surface area contributed by atoms with Crippen LogP contribution in [0.25, 0.3) is 17.4 Å². The number of ether oxygens (including phenoxy) is 1. The van der Waals surface area contributed by atoms with Gasteiger partial charge in [-0.05, 0) is 43.7 Å². The van der Waals surface area contributed by atoms with Crippen molar-refractivity contribution in [3.05, 3.63) is 72.8 Å². The van der Waals surface area contributed by atoms with Crippen molar-refractivity contribution >= 4 is 51.6 Å². The maximum absolute atomic E-state index is 12.7. The van der Waals surface area contributed by atoms with Crippen molar-refractivity contribution in [2.75, 3.05) is 12.4 Å². The van der Waals surface area contributed by atoms with Crippen LogP contribution in [0.15, 0.2) is 40.3 Å². The topological polar surface area (TPSA) is 135 Å². The zero-order valence-electron chi connectivity index (χ0n) is 17.6. The standard InChI is InChI=1S/C22H16ClN3O6S/c1-11-12(2)33-21(19(11)22(28)31-3)25-20(27)14(10-24)8-15-5-7-18(32-15)13-4-6-16(23)17(9-13)26(29)30/h4-9H,1-3H3,(H,25,27). The van der Waals surface area contributed by atoms with Crippen molar-refractivity contribution < 1.29 is 23.7 Å². The van der Waals surface area contributed by atoms with Crippen LogP contribution in [0.3, 0.4) is 0 Å². The molecule has 168 valence electrons.